The van der Waals surface area contributed by atoms with Gasteiger partial charge in [-0.25, -0.2) is 9.97 Å². The van der Waals surface area contributed by atoms with Crippen LogP contribution in [0.4, 0.5) is 5.95 Å². The number of aryl methyl sites for hydroxylation is 1. The molecule has 1 amide bonds. The van der Waals surface area contributed by atoms with Gasteiger partial charge >= 0.3 is 0 Å². The average Bonchev–Trinajstić information content (AvgIpc) is 2.89. The summed E-state index contributed by atoms with van der Waals surface area (Å²) in [6.45, 7) is 2.25. The van der Waals surface area contributed by atoms with Crippen molar-refractivity contribution in [1.82, 2.24) is 15.3 Å². The molecule has 2 heterocycles. The van der Waals surface area contributed by atoms with E-state index in [1.807, 2.05) is 32.0 Å². The standard InChI is InChI=1S/C13H16N4O2/c1-9-6-11(16-13(15-9)17(2)3)7-14-12(18)10-4-5-19-8-10/h4-6,8H,7H2,1-3H3,(H,14,18). The molecule has 100 valence electrons. The van der Waals surface area contributed by atoms with Gasteiger partial charge in [0.15, 0.2) is 0 Å². The Bertz CT molecular complexity index is 564. The zero-order chi connectivity index (χ0) is 13.8. The first-order chi connectivity index (χ1) is 9.06. The highest BCUT2D eigenvalue weighted by Gasteiger charge is 2.08. The van der Waals surface area contributed by atoms with Crippen molar-refractivity contribution >= 4 is 11.9 Å². The molecule has 2 aromatic rings. The minimum absolute atomic E-state index is 0.184. The quantitative estimate of drug-likeness (QED) is 0.899. The van der Waals surface area contributed by atoms with Gasteiger partial charge in [0.25, 0.3) is 5.91 Å². The third kappa shape index (κ3) is 3.31. The summed E-state index contributed by atoms with van der Waals surface area (Å²) in [6, 6.07) is 3.47. The number of anilines is 1. The molecule has 0 spiro atoms. The normalized spacial score (nSPS) is 10.3. The van der Waals surface area contributed by atoms with E-state index in [-0.39, 0.29) is 5.91 Å². The summed E-state index contributed by atoms with van der Waals surface area (Å²) < 4.78 is 4.86. The van der Waals surface area contributed by atoms with Crippen molar-refractivity contribution < 1.29 is 9.21 Å². The van der Waals surface area contributed by atoms with E-state index in [0.29, 0.717) is 18.1 Å². The second kappa shape index (κ2) is 5.51. The Morgan fingerprint density at radius 2 is 2.21 bits per heavy atom. The third-order valence-corrected chi connectivity index (χ3v) is 2.51. The third-order valence-electron chi connectivity index (χ3n) is 2.51. The minimum atomic E-state index is -0.184. The lowest BCUT2D eigenvalue weighted by Crippen LogP contribution is -2.23. The van der Waals surface area contributed by atoms with E-state index in [1.54, 1.807) is 6.07 Å². The Morgan fingerprint density at radius 3 is 2.84 bits per heavy atom. The van der Waals surface area contributed by atoms with Gasteiger partial charge in [-0.2, -0.15) is 0 Å². The Balaban J connectivity index is 2.05. The number of carbonyl (C=O) groups is 1. The smallest absolute Gasteiger partial charge is 0.254 e. The number of furan rings is 1. The van der Waals surface area contributed by atoms with Crippen molar-refractivity contribution in [2.75, 3.05) is 19.0 Å². The molecule has 6 nitrogen and oxygen atoms in total. The van der Waals surface area contributed by atoms with Crippen LogP contribution in [0.3, 0.4) is 0 Å². The molecule has 0 aliphatic rings. The molecule has 0 bridgehead atoms. The highest BCUT2D eigenvalue weighted by molar-refractivity contribution is 5.93. The van der Waals surface area contributed by atoms with E-state index in [9.17, 15) is 4.79 Å². The van der Waals surface area contributed by atoms with E-state index in [1.165, 1.54) is 12.5 Å². The van der Waals surface area contributed by atoms with Gasteiger partial charge in [0.05, 0.1) is 24.1 Å². The van der Waals surface area contributed by atoms with Crippen molar-refractivity contribution in [2.45, 2.75) is 13.5 Å². The zero-order valence-corrected chi connectivity index (χ0v) is 11.2. The molecule has 0 aromatic carbocycles. The van der Waals surface area contributed by atoms with Gasteiger partial charge in [-0.15, -0.1) is 0 Å². The van der Waals surface area contributed by atoms with Crippen molar-refractivity contribution in [1.29, 1.82) is 0 Å². The lowest BCUT2D eigenvalue weighted by atomic mass is 10.3. The summed E-state index contributed by atoms with van der Waals surface area (Å²) in [7, 11) is 3.76. The topological polar surface area (TPSA) is 71.3 Å². The first kappa shape index (κ1) is 13.1. The summed E-state index contributed by atoms with van der Waals surface area (Å²) in [6.07, 6.45) is 2.87. The summed E-state index contributed by atoms with van der Waals surface area (Å²) >= 11 is 0. The number of nitrogens with zero attached hydrogens (tertiary/aromatic N) is 3. The number of carbonyl (C=O) groups excluding carboxylic acids is 1. The molecule has 19 heavy (non-hydrogen) atoms. The van der Waals surface area contributed by atoms with Crippen LogP contribution in [0.2, 0.25) is 0 Å². The van der Waals surface area contributed by atoms with Gasteiger partial charge in [-0.1, -0.05) is 0 Å². The number of amides is 1. The molecule has 2 rings (SSSR count). The van der Waals surface area contributed by atoms with Gasteiger partial charge < -0.3 is 14.6 Å². The molecule has 0 saturated carbocycles. The molecule has 0 fully saturated rings. The van der Waals surface area contributed by atoms with Crippen LogP contribution in [0, 0.1) is 6.92 Å². The summed E-state index contributed by atoms with van der Waals surface area (Å²) in [5, 5.41) is 2.79. The summed E-state index contributed by atoms with van der Waals surface area (Å²) in [4.78, 5) is 22.2. The second-order valence-electron chi connectivity index (χ2n) is 4.39. The Hall–Kier alpha value is -2.37. The molecule has 1 N–H and O–H groups in total. The maximum atomic E-state index is 11.8. The van der Waals surface area contributed by atoms with Crippen LogP contribution in [0.1, 0.15) is 21.7 Å². The molecule has 0 radical (unpaired) electrons. The van der Waals surface area contributed by atoms with E-state index < -0.39 is 0 Å². The van der Waals surface area contributed by atoms with Gasteiger partial charge in [0.1, 0.15) is 6.26 Å². The van der Waals surface area contributed by atoms with E-state index >= 15 is 0 Å². The highest BCUT2D eigenvalue weighted by atomic mass is 16.3. The summed E-state index contributed by atoms with van der Waals surface area (Å²) in [5.41, 5.74) is 2.14. The van der Waals surface area contributed by atoms with Crippen molar-refractivity contribution in [3.8, 4) is 0 Å². The van der Waals surface area contributed by atoms with E-state index in [4.69, 9.17) is 4.42 Å². The number of aromatic nitrogens is 2. The molecular weight excluding hydrogens is 244 g/mol. The second-order valence-corrected chi connectivity index (χ2v) is 4.39. The maximum Gasteiger partial charge on any atom is 0.254 e. The Kier molecular flexibility index (Phi) is 3.79. The van der Waals surface area contributed by atoms with Crippen LogP contribution in [-0.4, -0.2) is 30.0 Å². The highest BCUT2D eigenvalue weighted by Crippen LogP contribution is 2.07. The molecule has 0 saturated heterocycles. The first-order valence-electron chi connectivity index (χ1n) is 5.88. The van der Waals surface area contributed by atoms with Crippen molar-refractivity contribution in [3.63, 3.8) is 0 Å². The zero-order valence-electron chi connectivity index (χ0n) is 11.2. The van der Waals surface area contributed by atoms with E-state index in [0.717, 1.165) is 11.4 Å². The van der Waals surface area contributed by atoms with Crippen LogP contribution in [0.15, 0.2) is 29.1 Å². The number of rotatable bonds is 4. The van der Waals surface area contributed by atoms with Crippen LogP contribution in [0.25, 0.3) is 0 Å². The summed E-state index contributed by atoms with van der Waals surface area (Å²) in [5.74, 6) is 0.448. The average molecular weight is 260 g/mol. The monoisotopic (exact) mass is 260 g/mol. The SMILES string of the molecule is Cc1cc(CNC(=O)c2ccoc2)nc(N(C)C)n1. The van der Waals surface area contributed by atoms with Crippen molar-refractivity contribution in [3.05, 3.63) is 41.6 Å². The number of hydrogen-bond acceptors (Lipinski definition) is 5. The van der Waals surface area contributed by atoms with Crippen LogP contribution >= 0.6 is 0 Å². The fourth-order valence-electron chi connectivity index (χ4n) is 1.57. The number of hydrogen-bond donors (Lipinski definition) is 1. The molecule has 2 aromatic heterocycles. The lowest BCUT2D eigenvalue weighted by Gasteiger charge is -2.12. The molecule has 0 aliphatic heterocycles. The Labute approximate surface area is 111 Å². The fraction of sp³-hybridized carbons (Fsp3) is 0.308. The first-order valence-corrected chi connectivity index (χ1v) is 5.88. The number of nitrogens with one attached hydrogen (secondary N) is 1. The molecule has 0 atom stereocenters. The van der Waals surface area contributed by atoms with Gasteiger partial charge in [0, 0.05) is 19.8 Å². The van der Waals surface area contributed by atoms with Gasteiger partial charge in [-0.05, 0) is 19.1 Å². The largest absolute Gasteiger partial charge is 0.472 e. The van der Waals surface area contributed by atoms with Gasteiger partial charge in [0.2, 0.25) is 5.95 Å². The van der Waals surface area contributed by atoms with Crippen LogP contribution in [-0.2, 0) is 6.54 Å². The molecule has 0 aliphatic carbocycles. The van der Waals surface area contributed by atoms with E-state index in [2.05, 4.69) is 15.3 Å². The minimum Gasteiger partial charge on any atom is -0.472 e. The maximum absolute atomic E-state index is 11.8. The predicted molar refractivity (Wildman–Crippen MR) is 71.0 cm³/mol. The van der Waals surface area contributed by atoms with Crippen LogP contribution in [0.5, 0.6) is 0 Å². The molecule has 0 unspecified atom stereocenters. The predicted octanol–water partition coefficient (Wildman–Crippen LogP) is 1.37. The van der Waals surface area contributed by atoms with Crippen LogP contribution < -0.4 is 10.2 Å². The molecule has 6 heteroatoms. The van der Waals surface area contributed by atoms with Crippen molar-refractivity contribution in [2.24, 2.45) is 0 Å². The van der Waals surface area contributed by atoms with Gasteiger partial charge in [-0.3, -0.25) is 4.79 Å². The molecular formula is C13H16N4O2. The lowest BCUT2D eigenvalue weighted by molar-refractivity contribution is 0.0949. The Morgan fingerprint density at radius 1 is 1.42 bits per heavy atom. The fourth-order valence-corrected chi connectivity index (χ4v) is 1.57.